The number of carbonyl (C=O) groups excluding carboxylic acids is 2. The molecular weight excluding hydrogens is 408 g/mol. The molecule has 1 N–H and O–H groups in total. The highest BCUT2D eigenvalue weighted by molar-refractivity contribution is 5.86. The summed E-state index contributed by atoms with van der Waals surface area (Å²) in [7, 11) is 0. The molecule has 178 valence electrons. The summed E-state index contributed by atoms with van der Waals surface area (Å²) in [5, 5.41) is 7.60. The Morgan fingerprint density at radius 2 is 1.38 bits per heavy atom. The zero-order chi connectivity index (χ0) is 25.2. The van der Waals surface area contributed by atoms with Crippen molar-refractivity contribution in [2.75, 3.05) is 13.2 Å². The van der Waals surface area contributed by atoms with E-state index in [1.807, 2.05) is 43.3 Å². The highest BCUT2D eigenvalue weighted by Crippen LogP contribution is 1.97. The van der Waals surface area contributed by atoms with Gasteiger partial charge in [0.2, 0.25) is 0 Å². The molecule has 0 aromatic heterocycles. The Hall–Kier alpha value is -3.41. The molecule has 0 atom stereocenters. The van der Waals surface area contributed by atoms with Gasteiger partial charge in [0.25, 0.3) is 0 Å². The lowest BCUT2D eigenvalue weighted by Crippen LogP contribution is -2.05. The molecule has 1 aromatic rings. The number of hydrogen-bond donors (Lipinski definition) is 1. The monoisotopic (exact) mass is 446 g/mol. The quantitative estimate of drug-likeness (QED) is 0.269. The Kier molecular flexibility index (Phi) is 26.6. The van der Waals surface area contributed by atoms with Crippen LogP contribution >= 0.6 is 0 Å². The molecule has 6 nitrogen and oxygen atoms in total. The van der Waals surface area contributed by atoms with Gasteiger partial charge >= 0.3 is 17.9 Å². The molecule has 0 fully saturated rings. The summed E-state index contributed by atoms with van der Waals surface area (Å²) in [5.41, 5.74) is 1.64. The first-order chi connectivity index (χ1) is 15.2. The maximum absolute atomic E-state index is 10.7. The lowest BCUT2D eigenvalue weighted by atomic mass is 10.2. The summed E-state index contributed by atoms with van der Waals surface area (Å²) in [6.45, 7) is 20.1. The van der Waals surface area contributed by atoms with Gasteiger partial charge in [0, 0.05) is 17.7 Å². The molecule has 0 amide bonds. The van der Waals surface area contributed by atoms with Crippen molar-refractivity contribution in [3.8, 4) is 0 Å². The summed E-state index contributed by atoms with van der Waals surface area (Å²) >= 11 is 0. The highest BCUT2D eigenvalue weighted by Gasteiger charge is 2.00. The second-order valence-corrected chi connectivity index (χ2v) is 6.15. The van der Waals surface area contributed by atoms with E-state index in [-0.39, 0.29) is 11.9 Å². The third-order valence-electron chi connectivity index (χ3n) is 3.20. The Morgan fingerprint density at radius 1 is 0.906 bits per heavy atom. The molecule has 0 aliphatic heterocycles. The normalized spacial score (nSPS) is 8.34. The molecule has 1 rings (SSSR count). The fourth-order valence-electron chi connectivity index (χ4n) is 1.40. The molecule has 0 saturated carbocycles. The first kappa shape index (κ1) is 33.2. The van der Waals surface area contributed by atoms with Gasteiger partial charge in [-0.25, -0.2) is 14.4 Å². The largest absolute Gasteiger partial charge is 0.478 e. The van der Waals surface area contributed by atoms with Crippen LogP contribution in [-0.4, -0.2) is 36.2 Å². The van der Waals surface area contributed by atoms with Crippen LogP contribution in [0.1, 0.15) is 52.0 Å². The number of carboxylic acids is 1. The first-order valence-corrected chi connectivity index (χ1v) is 10.3. The van der Waals surface area contributed by atoms with Crippen molar-refractivity contribution in [2.45, 2.75) is 46.5 Å². The number of hydrogen-bond acceptors (Lipinski definition) is 5. The third-order valence-corrected chi connectivity index (χ3v) is 3.20. The molecule has 0 unspecified atom stereocenters. The minimum atomic E-state index is -0.981. The van der Waals surface area contributed by atoms with Gasteiger partial charge in [0.05, 0.1) is 13.2 Å². The number of aliphatic carboxylic acids is 1. The molecule has 0 radical (unpaired) electrons. The maximum atomic E-state index is 10.7. The molecule has 32 heavy (non-hydrogen) atoms. The van der Waals surface area contributed by atoms with E-state index < -0.39 is 5.97 Å². The van der Waals surface area contributed by atoms with Crippen molar-refractivity contribution in [2.24, 2.45) is 0 Å². The van der Waals surface area contributed by atoms with E-state index in [4.69, 9.17) is 9.84 Å². The number of unbranched alkanes of at least 4 members (excludes halogenated alkanes) is 2. The van der Waals surface area contributed by atoms with Gasteiger partial charge in [-0.15, -0.1) is 0 Å². The summed E-state index contributed by atoms with van der Waals surface area (Å²) in [6.07, 6.45) is 7.79. The van der Waals surface area contributed by atoms with Crippen LogP contribution in [0.4, 0.5) is 0 Å². The van der Waals surface area contributed by atoms with Crippen LogP contribution in [0.5, 0.6) is 0 Å². The minimum Gasteiger partial charge on any atom is -0.478 e. The van der Waals surface area contributed by atoms with E-state index in [0.29, 0.717) is 18.8 Å². The molecule has 0 heterocycles. The Bertz CT molecular complexity index is 677. The zero-order valence-corrected chi connectivity index (χ0v) is 19.7. The average molecular weight is 447 g/mol. The van der Waals surface area contributed by atoms with Crippen LogP contribution in [0.2, 0.25) is 0 Å². The van der Waals surface area contributed by atoms with Gasteiger partial charge in [-0.3, -0.25) is 0 Å². The lowest BCUT2D eigenvalue weighted by Gasteiger charge is -2.01. The van der Waals surface area contributed by atoms with E-state index in [9.17, 15) is 14.4 Å². The van der Waals surface area contributed by atoms with Crippen LogP contribution in [0.15, 0.2) is 74.4 Å². The van der Waals surface area contributed by atoms with Crippen molar-refractivity contribution in [1.29, 1.82) is 0 Å². The molecule has 6 heteroatoms. The van der Waals surface area contributed by atoms with Crippen LogP contribution < -0.4 is 0 Å². The van der Waals surface area contributed by atoms with E-state index in [1.54, 1.807) is 6.92 Å². The highest BCUT2D eigenvalue weighted by atomic mass is 16.5. The number of rotatable bonds is 10. The van der Waals surface area contributed by atoms with E-state index >= 15 is 0 Å². The summed E-state index contributed by atoms with van der Waals surface area (Å²) < 4.78 is 9.48. The van der Waals surface area contributed by atoms with Crippen molar-refractivity contribution < 1.29 is 29.0 Å². The standard InChI is InChI=1S/C8H14O2.C8H8.C7H12O2.C3H4O2/c1-4-5-6-10-8(9)7(2)3;1-2-8-6-4-3-5-7-8;1-3-5-6-9-7(8)4-2;1-2-3(4)5/h2,4-6H2,1,3H3;2-7H,1H2;4H,2-3,5-6H2,1H3;2H,1H2,(H,4,5). The van der Waals surface area contributed by atoms with Gasteiger partial charge in [-0.2, -0.15) is 0 Å². The lowest BCUT2D eigenvalue weighted by molar-refractivity contribution is -0.139. The Morgan fingerprint density at radius 3 is 1.69 bits per heavy atom. The van der Waals surface area contributed by atoms with Gasteiger partial charge in [-0.1, -0.05) is 89.4 Å². The first-order valence-electron chi connectivity index (χ1n) is 10.3. The molecule has 0 aliphatic carbocycles. The van der Waals surface area contributed by atoms with Gasteiger partial charge in [0.1, 0.15) is 0 Å². The molecule has 0 spiro atoms. The van der Waals surface area contributed by atoms with Gasteiger partial charge in [0.15, 0.2) is 0 Å². The second-order valence-electron chi connectivity index (χ2n) is 6.15. The van der Waals surface area contributed by atoms with Crippen molar-refractivity contribution in [3.63, 3.8) is 0 Å². The van der Waals surface area contributed by atoms with Crippen LogP contribution in [0.25, 0.3) is 6.08 Å². The smallest absolute Gasteiger partial charge is 0.333 e. The molecule has 0 saturated heterocycles. The topological polar surface area (TPSA) is 89.9 Å². The van der Waals surface area contributed by atoms with Crippen molar-refractivity contribution in [1.82, 2.24) is 0 Å². The fourth-order valence-corrected chi connectivity index (χ4v) is 1.40. The van der Waals surface area contributed by atoms with Gasteiger partial charge < -0.3 is 14.6 Å². The van der Waals surface area contributed by atoms with Crippen molar-refractivity contribution in [3.05, 3.63) is 79.9 Å². The Balaban J connectivity index is -0.000000359. The van der Waals surface area contributed by atoms with Gasteiger partial charge in [-0.05, 0) is 25.3 Å². The van der Waals surface area contributed by atoms with E-state index in [0.717, 1.165) is 31.8 Å². The molecule has 0 aliphatic rings. The third kappa shape index (κ3) is 28.8. The predicted octanol–water partition coefficient (Wildman–Crippen LogP) is 6.01. The second kappa shape index (κ2) is 25.6. The number of esters is 2. The predicted molar refractivity (Wildman–Crippen MR) is 131 cm³/mol. The number of ether oxygens (including phenoxy) is 2. The fraction of sp³-hybridized carbons (Fsp3) is 0.346. The summed E-state index contributed by atoms with van der Waals surface area (Å²) in [4.78, 5) is 30.3. The molecule has 1 aromatic carbocycles. The van der Waals surface area contributed by atoms with E-state index in [1.165, 1.54) is 11.6 Å². The summed E-state index contributed by atoms with van der Waals surface area (Å²) in [6, 6.07) is 10.0. The zero-order valence-electron chi connectivity index (χ0n) is 19.7. The number of benzene rings is 1. The minimum absolute atomic E-state index is 0.284. The summed E-state index contributed by atoms with van der Waals surface area (Å²) in [5.74, 6) is -1.60. The number of carbonyl (C=O) groups is 3. The van der Waals surface area contributed by atoms with Crippen molar-refractivity contribution >= 4 is 24.0 Å². The SMILES string of the molecule is C=C(C)C(=O)OCCCC.C=CC(=O)O.C=CC(=O)OCCCC.C=Cc1ccccc1. The maximum Gasteiger partial charge on any atom is 0.333 e. The van der Waals surface area contributed by atoms with Crippen LogP contribution in [0, 0.1) is 0 Å². The Labute approximate surface area is 192 Å². The van der Waals surface area contributed by atoms with Crippen LogP contribution in [0.3, 0.4) is 0 Å². The number of carboxylic acid groups (broad SMARTS) is 1. The van der Waals surface area contributed by atoms with Crippen LogP contribution in [-0.2, 0) is 23.9 Å². The molecular formula is C26H38O6. The molecule has 0 bridgehead atoms. The average Bonchev–Trinajstić information content (AvgIpc) is 2.80. The van der Waals surface area contributed by atoms with E-state index in [2.05, 4.69) is 38.0 Å².